The summed E-state index contributed by atoms with van der Waals surface area (Å²) in [7, 11) is 0. The lowest BCUT2D eigenvalue weighted by Crippen LogP contribution is -2.17. The van der Waals surface area contributed by atoms with Gasteiger partial charge in [-0.1, -0.05) is 25.5 Å². The molecule has 0 bridgehead atoms. The van der Waals surface area contributed by atoms with Gasteiger partial charge in [0.05, 0.1) is 5.92 Å². The van der Waals surface area contributed by atoms with Gasteiger partial charge in [-0.2, -0.15) is 0 Å². The van der Waals surface area contributed by atoms with Crippen LogP contribution in [-0.4, -0.2) is 16.0 Å². The maximum atomic E-state index is 12.2. The molecule has 0 aliphatic heterocycles. The Morgan fingerprint density at radius 3 is 2.74 bits per heavy atom. The van der Waals surface area contributed by atoms with Crippen molar-refractivity contribution in [3.63, 3.8) is 0 Å². The fourth-order valence-electron chi connectivity index (χ4n) is 2.54. The molecule has 1 aliphatic rings. The van der Waals surface area contributed by atoms with E-state index in [0.29, 0.717) is 0 Å². The van der Waals surface area contributed by atoms with E-state index >= 15 is 0 Å². The predicted molar refractivity (Wildman–Crippen MR) is 74.7 cm³/mol. The van der Waals surface area contributed by atoms with Crippen molar-refractivity contribution >= 4 is 11.7 Å². The number of hydrogen-bond donors (Lipinski definition) is 2. The highest BCUT2D eigenvalue weighted by atomic mass is 16.3. The molecule has 1 heterocycles. The number of hydrogen-bond acceptors (Lipinski definition) is 3. The summed E-state index contributed by atoms with van der Waals surface area (Å²) in [5.74, 6) is 0.327. The minimum atomic E-state index is -0.0819. The molecule has 4 heteroatoms. The van der Waals surface area contributed by atoms with Gasteiger partial charge in [-0.25, -0.2) is 4.98 Å². The first-order valence-corrected chi connectivity index (χ1v) is 6.44. The van der Waals surface area contributed by atoms with E-state index in [1.807, 2.05) is 13.8 Å². The summed E-state index contributed by atoms with van der Waals surface area (Å²) in [5.41, 5.74) is 1.18. The minimum absolute atomic E-state index is 0.00642. The van der Waals surface area contributed by atoms with Crippen molar-refractivity contribution in [2.45, 2.75) is 27.7 Å². The average molecular weight is 260 g/mol. The van der Waals surface area contributed by atoms with Gasteiger partial charge in [-0.15, -0.1) is 0 Å². The second-order valence-electron chi connectivity index (χ2n) is 5.93. The van der Waals surface area contributed by atoms with E-state index in [1.54, 1.807) is 12.3 Å². The van der Waals surface area contributed by atoms with Gasteiger partial charge in [0.2, 0.25) is 5.91 Å². The summed E-state index contributed by atoms with van der Waals surface area (Å²) >= 11 is 0. The molecule has 1 aromatic rings. The first kappa shape index (κ1) is 13.6. The Kier molecular flexibility index (Phi) is 3.35. The van der Waals surface area contributed by atoms with Crippen LogP contribution >= 0.6 is 0 Å². The van der Waals surface area contributed by atoms with Crippen LogP contribution in [0.2, 0.25) is 0 Å². The van der Waals surface area contributed by atoms with Crippen molar-refractivity contribution in [3.8, 4) is 5.75 Å². The number of carbonyl (C=O) groups excluding carboxylic acids is 1. The average Bonchev–Trinajstić information content (AvgIpc) is 2.82. The van der Waals surface area contributed by atoms with Crippen molar-refractivity contribution in [2.75, 3.05) is 5.32 Å². The Labute approximate surface area is 113 Å². The van der Waals surface area contributed by atoms with Crippen LogP contribution in [0.4, 0.5) is 5.82 Å². The fraction of sp³-hybridized carbons (Fsp3) is 0.467. The maximum Gasteiger partial charge on any atom is 0.229 e. The van der Waals surface area contributed by atoms with E-state index in [4.69, 9.17) is 0 Å². The smallest absolute Gasteiger partial charge is 0.229 e. The van der Waals surface area contributed by atoms with E-state index in [0.717, 1.165) is 0 Å². The van der Waals surface area contributed by atoms with Gasteiger partial charge in [0, 0.05) is 6.20 Å². The maximum absolute atomic E-state index is 12.2. The zero-order valence-corrected chi connectivity index (χ0v) is 11.8. The van der Waals surface area contributed by atoms with Crippen LogP contribution in [-0.2, 0) is 4.79 Å². The Morgan fingerprint density at radius 1 is 1.47 bits per heavy atom. The molecule has 1 fully saturated rings. The van der Waals surface area contributed by atoms with Crippen LogP contribution in [0.1, 0.15) is 27.7 Å². The number of pyridine rings is 1. The first-order valence-electron chi connectivity index (χ1n) is 6.44. The molecule has 102 valence electrons. The molecular weight excluding hydrogens is 240 g/mol. The van der Waals surface area contributed by atoms with Gasteiger partial charge in [0.15, 0.2) is 11.6 Å². The van der Waals surface area contributed by atoms with Gasteiger partial charge in [-0.3, -0.25) is 4.79 Å². The zero-order valence-electron chi connectivity index (χ0n) is 11.8. The van der Waals surface area contributed by atoms with Crippen molar-refractivity contribution in [1.82, 2.24) is 4.98 Å². The van der Waals surface area contributed by atoms with E-state index < -0.39 is 0 Å². The quantitative estimate of drug-likeness (QED) is 0.821. The Hall–Kier alpha value is -1.84. The lowest BCUT2D eigenvalue weighted by Gasteiger charge is -2.06. The molecule has 0 radical (unpaired) electrons. The molecule has 2 rings (SSSR count). The van der Waals surface area contributed by atoms with Crippen molar-refractivity contribution < 1.29 is 9.90 Å². The molecule has 0 aromatic carbocycles. The molecule has 2 N–H and O–H groups in total. The number of aromatic hydroxyl groups is 1. The number of anilines is 1. The largest absolute Gasteiger partial charge is 0.504 e. The van der Waals surface area contributed by atoms with Gasteiger partial charge in [0.25, 0.3) is 0 Å². The van der Waals surface area contributed by atoms with E-state index in [9.17, 15) is 9.90 Å². The standard InChI is InChI=1S/C15H20N2O2/c1-9(2)8-10-12(15(10,3)4)14(19)17-13-11(18)6-5-7-16-13/h5-8,10,12,18H,1-4H3,(H,16,17,19)/t10-,12-/m1/s1. The highest BCUT2D eigenvalue weighted by molar-refractivity contribution is 5.96. The first-order chi connectivity index (χ1) is 8.84. The van der Waals surface area contributed by atoms with Crippen LogP contribution in [0.15, 0.2) is 30.0 Å². The number of aromatic nitrogens is 1. The number of nitrogens with zero attached hydrogens (tertiary/aromatic N) is 1. The monoisotopic (exact) mass is 260 g/mol. The summed E-state index contributed by atoms with van der Waals surface area (Å²) in [5, 5.41) is 12.3. The third-order valence-electron chi connectivity index (χ3n) is 3.73. The molecule has 4 nitrogen and oxygen atoms in total. The molecule has 0 spiro atoms. The van der Waals surface area contributed by atoms with Gasteiger partial charge in [-0.05, 0) is 37.3 Å². The summed E-state index contributed by atoms with van der Waals surface area (Å²) < 4.78 is 0. The second kappa shape index (κ2) is 4.68. The molecule has 19 heavy (non-hydrogen) atoms. The van der Waals surface area contributed by atoms with Gasteiger partial charge in [0.1, 0.15) is 0 Å². The number of nitrogens with one attached hydrogen (secondary N) is 1. The highest BCUT2D eigenvalue weighted by Crippen LogP contribution is 2.59. The summed E-state index contributed by atoms with van der Waals surface area (Å²) in [6.07, 6.45) is 3.68. The second-order valence-corrected chi connectivity index (χ2v) is 5.93. The Balaban J connectivity index is 2.10. The number of allylic oxidation sites excluding steroid dienone is 2. The third-order valence-corrected chi connectivity index (χ3v) is 3.73. The number of rotatable bonds is 3. The molecule has 1 amide bonds. The van der Waals surface area contributed by atoms with Gasteiger partial charge < -0.3 is 10.4 Å². The molecule has 0 unspecified atom stereocenters. The third kappa shape index (κ3) is 2.62. The summed E-state index contributed by atoms with van der Waals surface area (Å²) in [6, 6.07) is 3.13. The zero-order chi connectivity index (χ0) is 14.2. The normalized spacial score (nSPS) is 23.6. The van der Waals surface area contributed by atoms with Crippen LogP contribution in [0.25, 0.3) is 0 Å². The van der Waals surface area contributed by atoms with Crippen molar-refractivity contribution in [3.05, 3.63) is 30.0 Å². The van der Waals surface area contributed by atoms with Crippen molar-refractivity contribution in [2.24, 2.45) is 17.3 Å². The Morgan fingerprint density at radius 2 is 2.16 bits per heavy atom. The lowest BCUT2D eigenvalue weighted by molar-refractivity contribution is -0.118. The topological polar surface area (TPSA) is 62.2 Å². The van der Waals surface area contributed by atoms with E-state index in [-0.39, 0.29) is 34.7 Å². The minimum Gasteiger partial charge on any atom is -0.504 e. The molecule has 1 saturated carbocycles. The van der Waals surface area contributed by atoms with Crippen LogP contribution in [0, 0.1) is 17.3 Å². The van der Waals surface area contributed by atoms with E-state index in [1.165, 1.54) is 11.6 Å². The molecule has 1 aromatic heterocycles. The predicted octanol–water partition coefficient (Wildman–Crippen LogP) is 2.96. The highest BCUT2D eigenvalue weighted by Gasteiger charge is 2.60. The lowest BCUT2D eigenvalue weighted by atomic mass is 10.1. The Bertz CT molecular complexity index is 531. The SMILES string of the molecule is CC(C)=C[C@@H]1[C@H](C(=O)Nc2ncccc2O)C1(C)C. The summed E-state index contributed by atoms with van der Waals surface area (Å²) in [6.45, 7) is 8.24. The van der Waals surface area contributed by atoms with Crippen LogP contribution in [0.3, 0.4) is 0 Å². The van der Waals surface area contributed by atoms with Crippen molar-refractivity contribution in [1.29, 1.82) is 0 Å². The molecule has 1 aliphatic carbocycles. The number of carbonyl (C=O) groups is 1. The van der Waals surface area contributed by atoms with E-state index in [2.05, 4.69) is 30.2 Å². The fourth-order valence-corrected chi connectivity index (χ4v) is 2.54. The molecular formula is C15H20N2O2. The number of amides is 1. The van der Waals surface area contributed by atoms with Crippen LogP contribution < -0.4 is 5.32 Å². The van der Waals surface area contributed by atoms with Crippen LogP contribution in [0.5, 0.6) is 5.75 Å². The summed E-state index contributed by atoms with van der Waals surface area (Å²) in [4.78, 5) is 16.2. The van der Waals surface area contributed by atoms with Gasteiger partial charge >= 0.3 is 0 Å². The molecule has 0 saturated heterocycles. The molecule has 2 atom stereocenters.